The molecule has 5 heteroatoms. The number of methoxy groups -OCH3 is 1. The van der Waals surface area contributed by atoms with Gasteiger partial charge in [0.2, 0.25) is 0 Å². The van der Waals surface area contributed by atoms with Gasteiger partial charge in [0, 0.05) is 29.8 Å². The molecule has 0 aliphatic carbocycles. The molecule has 0 atom stereocenters. The summed E-state index contributed by atoms with van der Waals surface area (Å²) in [6.45, 7) is 1.72. The second-order valence-electron chi connectivity index (χ2n) is 4.66. The first-order chi connectivity index (χ1) is 10.7. The second-order valence-corrected chi connectivity index (χ2v) is 5.47. The molecule has 0 fully saturated rings. The van der Waals surface area contributed by atoms with Gasteiger partial charge in [0.1, 0.15) is 17.3 Å². The maximum Gasteiger partial charge on any atom is 0.120 e. The molecule has 2 aromatic carbocycles. The fraction of sp³-hybridized carbons (Fsp3) is 0.235. The van der Waals surface area contributed by atoms with Crippen LogP contribution in [-0.2, 0) is 11.3 Å². The number of nitrogens with one attached hydrogen (secondary N) is 1. The quantitative estimate of drug-likeness (QED) is 0.615. The minimum atomic E-state index is 0.424. The molecule has 116 valence electrons. The third-order valence-electron chi connectivity index (χ3n) is 3.04. The fourth-order valence-electron chi connectivity index (χ4n) is 1.87. The summed E-state index contributed by atoms with van der Waals surface area (Å²) < 4.78 is 10.8. The smallest absolute Gasteiger partial charge is 0.120 e. The van der Waals surface area contributed by atoms with Crippen LogP contribution in [0.3, 0.4) is 0 Å². The van der Waals surface area contributed by atoms with Crippen molar-refractivity contribution in [3.63, 3.8) is 0 Å². The maximum atomic E-state index is 6.12. The van der Waals surface area contributed by atoms with Crippen LogP contribution in [0.1, 0.15) is 11.1 Å². The van der Waals surface area contributed by atoms with Gasteiger partial charge in [-0.15, -0.1) is 0 Å². The van der Waals surface area contributed by atoms with Crippen LogP contribution in [0, 0.1) is 0 Å². The molecule has 0 aliphatic rings. The predicted molar refractivity (Wildman–Crippen MR) is 93.8 cm³/mol. The average Bonchev–Trinajstić information content (AvgIpc) is 2.54. The highest BCUT2D eigenvalue weighted by Gasteiger charge is 2.04. The van der Waals surface area contributed by atoms with Gasteiger partial charge < -0.3 is 14.8 Å². The van der Waals surface area contributed by atoms with Crippen molar-refractivity contribution in [3.8, 4) is 5.75 Å². The Balaban J connectivity index is 1.96. The third-order valence-corrected chi connectivity index (χ3v) is 3.79. The highest BCUT2D eigenvalue weighted by atomic mass is 35.5. The lowest BCUT2D eigenvalue weighted by atomic mass is 10.2. The van der Waals surface area contributed by atoms with Crippen molar-refractivity contribution in [2.24, 2.45) is 0 Å². The van der Waals surface area contributed by atoms with Gasteiger partial charge >= 0.3 is 0 Å². The Kier molecular flexibility index (Phi) is 6.65. The Morgan fingerprint density at radius 2 is 2.00 bits per heavy atom. The van der Waals surface area contributed by atoms with E-state index in [1.54, 1.807) is 7.11 Å². The first kappa shape index (κ1) is 16.7. The molecule has 0 spiro atoms. The molecule has 3 nitrogen and oxygen atoms in total. The predicted octanol–water partition coefficient (Wildman–Crippen LogP) is 3.83. The summed E-state index contributed by atoms with van der Waals surface area (Å²) in [5, 5.41) is 3.84. The molecule has 22 heavy (non-hydrogen) atoms. The van der Waals surface area contributed by atoms with Gasteiger partial charge in [0.25, 0.3) is 0 Å². The van der Waals surface area contributed by atoms with Gasteiger partial charge in [0.05, 0.1) is 6.61 Å². The van der Waals surface area contributed by atoms with Gasteiger partial charge in [-0.2, -0.15) is 0 Å². The van der Waals surface area contributed by atoms with Crippen LogP contribution in [-0.4, -0.2) is 25.2 Å². The van der Waals surface area contributed by atoms with Crippen molar-refractivity contribution >= 4 is 28.8 Å². The molecule has 0 radical (unpaired) electrons. The zero-order chi connectivity index (χ0) is 15.8. The Labute approximate surface area is 141 Å². The third kappa shape index (κ3) is 4.98. The van der Waals surface area contributed by atoms with Crippen LogP contribution in [0.2, 0.25) is 5.02 Å². The van der Waals surface area contributed by atoms with E-state index in [1.807, 2.05) is 48.5 Å². The highest BCUT2D eigenvalue weighted by Crippen LogP contribution is 2.19. The molecular weight excluding hydrogens is 318 g/mol. The van der Waals surface area contributed by atoms with E-state index in [2.05, 4.69) is 5.32 Å². The molecule has 0 saturated carbocycles. The highest BCUT2D eigenvalue weighted by molar-refractivity contribution is 7.80. The number of hydrogen-bond donors (Lipinski definition) is 1. The Morgan fingerprint density at radius 3 is 2.77 bits per heavy atom. The lowest BCUT2D eigenvalue weighted by molar-refractivity contribution is 0.204. The SMILES string of the molecule is COCCNC(=S)c1cccc(OCc2ccccc2Cl)c1. The Hall–Kier alpha value is -1.62. The monoisotopic (exact) mass is 335 g/mol. The summed E-state index contributed by atoms with van der Waals surface area (Å²) in [4.78, 5) is 0.681. The standard InChI is InChI=1S/C17H18ClNO2S/c1-20-10-9-19-17(22)13-6-4-7-15(11-13)21-12-14-5-2-3-8-16(14)18/h2-8,11H,9-10,12H2,1H3,(H,19,22). The van der Waals surface area contributed by atoms with Crippen LogP contribution < -0.4 is 10.1 Å². The number of halogens is 1. The molecule has 0 heterocycles. The summed E-state index contributed by atoms with van der Waals surface area (Å²) in [5.41, 5.74) is 1.87. The molecule has 0 saturated heterocycles. The molecule has 0 amide bonds. The van der Waals surface area contributed by atoms with Crippen LogP contribution in [0.4, 0.5) is 0 Å². The summed E-state index contributed by atoms with van der Waals surface area (Å²) >= 11 is 11.5. The van der Waals surface area contributed by atoms with Crippen LogP contribution in [0.25, 0.3) is 0 Å². The number of rotatable bonds is 7. The van der Waals surface area contributed by atoms with E-state index in [-0.39, 0.29) is 0 Å². The maximum absolute atomic E-state index is 6.12. The minimum absolute atomic E-state index is 0.424. The van der Waals surface area contributed by atoms with Crippen molar-refractivity contribution in [3.05, 3.63) is 64.7 Å². The summed E-state index contributed by atoms with van der Waals surface area (Å²) in [6, 6.07) is 15.3. The lowest BCUT2D eigenvalue weighted by Crippen LogP contribution is -2.25. The Morgan fingerprint density at radius 1 is 1.18 bits per heavy atom. The number of hydrogen-bond acceptors (Lipinski definition) is 3. The molecule has 0 bridgehead atoms. The Bertz CT molecular complexity index is 634. The first-order valence-corrected chi connectivity index (χ1v) is 7.72. The fourth-order valence-corrected chi connectivity index (χ4v) is 2.29. The molecular formula is C17H18ClNO2S. The molecule has 0 aromatic heterocycles. The van der Waals surface area contributed by atoms with Crippen molar-refractivity contribution < 1.29 is 9.47 Å². The zero-order valence-corrected chi connectivity index (χ0v) is 13.9. The number of ether oxygens (including phenoxy) is 2. The molecule has 2 aromatic rings. The van der Waals surface area contributed by atoms with E-state index in [1.165, 1.54) is 0 Å². The second kappa shape index (κ2) is 8.73. The lowest BCUT2D eigenvalue weighted by Gasteiger charge is -2.11. The van der Waals surface area contributed by atoms with E-state index >= 15 is 0 Å². The summed E-state index contributed by atoms with van der Waals surface area (Å²) in [6.07, 6.45) is 0. The molecule has 2 rings (SSSR count). The van der Waals surface area contributed by atoms with Gasteiger partial charge in [-0.3, -0.25) is 0 Å². The topological polar surface area (TPSA) is 30.5 Å². The average molecular weight is 336 g/mol. The van der Waals surface area contributed by atoms with Gasteiger partial charge in [-0.1, -0.05) is 54.2 Å². The van der Waals surface area contributed by atoms with Crippen molar-refractivity contribution in [2.45, 2.75) is 6.61 Å². The zero-order valence-electron chi connectivity index (χ0n) is 12.3. The minimum Gasteiger partial charge on any atom is -0.489 e. The number of thiocarbonyl (C=S) groups is 1. The van der Waals surface area contributed by atoms with E-state index in [0.29, 0.717) is 29.8 Å². The molecule has 0 aliphatic heterocycles. The largest absolute Gasteiger partial charge is 0.489 e. The van der Waals surface area contributed by atoms with E-state index in [9.17, 15) is 0 Å². The molecule has 1 N–H and O–H groups in total. The van der Waals surface area contributed by atoms with Crippen LogP contribution in [0.5, 0.6) is 5.75 Å². The van der Waals surface area contributed by atoms with E-state index in [4.69, 9.17) is 33.3 Å². The van der Waals surface area contributed by atoms with Crippen LogP contribution >= 0.6 is 23.8 Å². The summed E-state index contributed by atoms with van der Waals surface area (Å²) in [5.74, 6) is 0.758. The molecule has 0 unspecified atom stereocenters. The number of benzene rings is 2. The van der Waals surface area contributed by atoms with Crippen molar-refractivity contribution in [1.82, 2.24) is 5.32 Å². The van der Waals surface area contributed by atoms with Crippen molar-refractivity contribution in [1.29, 1.82) is 0 Å². The van der Waals surface area contributed by atoms with Gasteiger partial charge in [0.15, 0.2) is 0 Å². The van der Waals surface area contributed by atoms with Gasteiger partial charge in [-0.25, -0.2) is 0 Å². The first-order valence-electron chi connectivity index (χ1n) is 6.94. The van der Waals surface area contributed by atoms with Gasteiger partial charge in [-0.05, 0) is 18.2 Å². The normalized spacial score (nSPS) is 10.3. The van der Waals surface area contributed by atoms with Crippen molar-refractivity contribution in [2.75, 3.05) is 20.3 Å². The van der Waals surface area contributed by atoms with E-state index in [0.717, 1.165) is 16.9 Å². The van der Waals surface area contributed by atoms with Crippen LogP contribution in [0.15, 0.2) is 48.5 Å². The van der Waals surface area contributed by atoms with E-state index < -0.39 is 0 Å². The summed E-state index contributed by atoms with van der Waals surface area (Å²) in [7, 11) is 1.66.